The molecule has 0 bridgehead atoms. The smallest absolute Gasteiger partial charge is 0.184 e. The Hall–Kier alpha value is -3.79. The Morgan fingerprint density at radius 1 is 0.525 bits per heavy atom. The number of thiazole rings is 1. The molecule has 0 aliphatic heterocycles. The number of benzene rings is 5. The third-order valence-electron chi connectivity index (χ3n) is 7.95. The van der Waals surface area contributed by atoms with Crippen molar-refractivity contribution in [1.29, 1.82) is 0 Å². The van der Waals surface area contributed by atoms with E-state index in [1.165, 1.54) is 47.1 Å². The molecule has 40 heavy (non-hydrogen) atoms. The molecule has 0 aliphatic carbocycles. The summed E-state index contributed by atoms with van der Waals surface area (Å²) in [5.41, 5.74) is 3.87. The molecule has 0 amide bonds. The van der Waals surface area contributed by atoms with Gasteiger partial charge in [-0.3, -0.25) is 0 Å². The molecule has 0 saturated carbocycles. The second-order valence-electron chi connectivity index (χ2n) is 11.2. The van der Waals surface area contributed by atoms with Gasteiger partial charge in [0.1, 0.15) is 4.70 Å². The quantitative estimate of drug-likeness (QED) is 0.114. The van der Waals surface area contributed by atoms with Crippen LogP contribution in [0.3, 0.4) is 0 Å². The fraction of sp³-hybridized carbons (Fsp3) is 0.162. The van der Waals surface area contributed by atoms with Gasteiger partial charge in [-0.25, -0.2) is 0 Å². The lowest BCUT2D eigenvalue weighted by Gasteiger charge is -2.34. The molecule has 0 radical (unpaired) electrons. The molecule has 0 atom stereocenters. The van der Waals surface area contributed by atoms with Gasteiger partial charge in [0.25, 0.3) is 0 Å². The number of aromatic nitrogens is 1. The molecule has 0 spiro atoms. The lowest BCUT2D eigenvalue weighted by molar-refractivity contribution is -0.695. The third-order valence-corrected chi connectivity index (χ3v) is 14.2. The maximum Gasteiger partial charge on any atom is 0.241 e. The molecule has 0 unspecified atom stereocenters. The molecular weight excluding hydrogens is 519 g/mol. The second-order valence-corrected chi connectivity index (χ2v) is 16.0. The van der Waals surface area contributed by atoms with Gasteiger partial charge in [-0.1, -0.05) is 147 Å². The van der Waals surface area contributed by atoms with Crippen molar-refractivity contribution in [3.8, 4) is 11.1 Å². The second kappa shape index (κ2) is 11.0. The van der Waals surface area contributed by atoms with Crippen LogP contribution < -0.4 is 25.3 Å². The van der Waals surface area contributed by atoms with Crippen molar-refractivity contribution in [2.75, 3.05) is 0 Å². The topological polar surface area (TPSA) is 3.88 Å². The largest absolute Gasteiger partial charge is 0.241 e. The minimum absolute atomic E-state index is 0.429. The van der Waals surface area contributed by atoms with E-state index in [9.17, 15) is 0 Å². The van der Waals surface area contributed by atoms with Gasteiger partial charge in [-0.05, 0) is 51.8 Å². The van der Waals surface area contributed by atoms with Crippen molar-refractivity contribution in [3.05, 3.63) is 138 Å². The fourth-order valence-electron chi connectivity index (χ4n) is 6.16. The summed E-state index contributed by atoms with van der Waals surface area (Å²) in [6.07, 6.45) is 0. The van der Waals surface area contributed by atoms with Crippen LogP contribution in [0.15, 0.2) is 133 Å². The summed E-state index contributed by atoms with van der Waals surface area (Å²) in [5, 5.41) is 7.05. The summed E-state index contributed by atoms with van der Waals surface area (Å²) in [6, 6.07) is 50.3. The van der Waals surface area contributed by atoms with Crippen molar-refractivity contribution in [2.45, 2.75) is 39.7 Å². The average molecular weight is 555 g/mol. The number of hydrogen-bond donors (Lipinski definition) is 0. The standard InChI is InChI=1S/C37H36NSSi/c1-27(2)37-38(28(3)4)35-26-30(22-25-36(35)39-37)29-20-23-34(24-21-29)40(31-14-8-5-9-15-31,32-16-10-6-11-17-32)33-18-12-7-13-19-33/h5-28H,1-4H3/q+1. The SMILES string of the molecule is CC(C)c1sc2ccc(-c3ccc([Si](c4ccccc4)(c4ccccc4)c4ccccc4)cc3)cc2[n+]1C(C)C. The van der Waals surface area contributed by atoms with E-state index in [0.717, 1.165) is 0 Å². The molecule has 0 fully saturated rings. The molecule has 0 N–H and O–H groups in total. The molecule has 1 heterocycles. The summed E-state index contributed by atoms with van der Waals surface area (Å²) in [7, 11) is -2.50. The van der Waals surface area contributed by atoms with E-state index < -0.39 is 8.07 Å². The molecule has 0 saturated heterocycles. The summed E-state index contributed by atoms with van der Waals surface area (Å²) in [5.74, 6) is 0.509. The van der Waals surface area contributed by atoms with Gasteiger partial charge in [0.2, 0.25) is 10.5 Å². The lowest BCUT2D eigenvalue weighted by Crippen LogP contribution is -2.74. The van der Waals surface area contributed by atoms with Crippen LogP contribution >= 0.6 is 11.3 Å². The van der Waals surface area contributed by atoms with Gasteiger partial charge in [-0.15, -0.1) is 0 Å². The van der Waals surface area contributed by atoms with Crippen LogP contribution in [0, 0.1) is 0 Å². The average Bonchev–Trinajstić information content (AvgIpc) is 3.40. The molecule has 0 aliphatic rings. The Morgan fingerprint density at radius 3 is 1.43 bits per heavy atom. The molecule has 5 aromatic carbocycles. The first-order valence-electron chi connectivity index (χ1n) is 14.3. The van der Waals surface area contributed by atoms with Gasteiger partial charge in [0.05, 0.1) is 0 Å². The maximum atomic E-state index is 2.53. The monoisotopic (exact) mass is 554 g/mol. The summed E-state index contributed by atoms with van der Waals surface area (Å²) >= 11 is 1.93. The Kier molecular flexibility index (Phi) is 7.27. The highest BCUT2D eigenvalue weighted by Crippen LogP contribution is 2.31. The highest BCUT2D eigenvalue weighted by molar-refractivity contribution is 7.20. The Balaban J connectivity index is 1.53. The molecule has 1 nitrogen and oxygen atoms in total. The summed E-state index contributed by atoms with van der Waals surface area (Å²) in [4.78, 5) is 0. The molecule has 198 valence electrons. The van der Waals surface area contributed by atoms with Crippen LogP contribution in [0.1, 0.15) is 44.7 Å². The molecule has 3 heteroatoms. The van der Waals surface area contributed by atoms with Crippen LogP contribution in [-0.4, -0.2) is 8.07 Å². The van der Waals surface area contributed by atoms with Gasteiger partial charge >= 0.3 is 0 Å². The summed E-state index contributed by atoms with van der Waals surface area (Å²) < 4.78 is 3.89. The fourth-order valence-corrected chi connectivity index (χ4v) is 12.2. The molecule has 6 rings (SSSR count). The van der Waals surface area contributed by atoms with Gasteiger partial charge < -0.3 is 0 Å². The number of hydrogen-bond acceptors (Lipinski definition) is 1. The minimum atomic E-state index is -2.50. The van der Waals surface area contributed by atoms with Crippen molar-refractivity contribution in [1.82, 2.24) is 0 Å². The van der Waals surface area contributed by atoms with E-state index >= 15 is 0 Å². The van der Waals surface area contributed by atoms with E-state index in [1.54, 1.807) is 0 Å². The van der Waals surface area contributed by atoms with E-state index in [0.29, 0.717) is 12.0 Å². The lowest BCUT2D eigenvalue weighted by atomic mass is 10.1. The van der Waals surface area contributed by atoms with E-state index in [1.807, 2.05) is 11.3 Å². The Morgan fingerprint density at radius 2 is 0.975 bits per heavy atom. The van der Waals surface area contributed by atoms with Crippen LogP contribution in [0.2, 0.25) is 0 Å². The van der Waals surface area contributed by atoms with Crippen molar-refractivity contribution in [3.63, 3.8) is 0 Å². The normalized spacial score (nSPS) is 11.9. The zero-order chi connectivity index (χ0) is 27.7. The first kappa shape index (κ1) is 26.4. The molecule has 6 aromatic rings. The minimum Gasteiger partial charge on any atom is -0.184 e. The van der Waals surface area contributed by atoms with Crippen LogP contribution in [0.5, 0.6) is 0 Å². The van der Waals surface area contributed by atoms with Crippen LogP contribution in [0.25, 0.3) is 21.3 Å². The van der Waals surface area contributed by atoms with Crippen molar-refractivity contribution in [2.24, 2.45) is 0 Å². The van der Waals surface area contributed by atoms with Crippen LogP contribution in [0.4, 0.5) is 0 Å². The first-order valence-corrected chi connectivity index (χ1v) is 17.1. The highest BCUT2D eigenvalue weighted by atomic mass is 32.1. The predicted octanol–water partition coefficient (Wildman–Crippen LogP) is 6.94. The van der Waals surface area contributed by atoms with Gasteiger partial charge in [0.15, 0.2) is 14.1 Å². The third kappa shape index (κ3) is 4.53. The van der Waals surface area contributed by atoms with Gasteiger partial charge in [-0.2, -0.15) is 4.57 Å². The number of rotatable bonds is 7. The first-order chi connectivity index (χ1) is 19.5. The van der Waals surface area contributed by atoms with E-state index in [4.69, 9.17) is 0 Å². The van der Waals surface area contributed by atoms with Gasteiger partial charge in [0, 0.05) is 12.0 Å². The zero-order valence-corrected chi connectivity index (χ0v) is 25.5. The molecule has 1 aromatic heterocycles. The van der Waals surface area contributed by atoms with E-state index in [2.05, 4.69) is 166 Å². The predicted molar refractivity (Wildman–Crippen MR) is 176 cm³/mol. The van der Waals surface area contributed by atoms with E-state index in [-0.39, 0.29) is 0 Å². The van der Waals surface area contributed by atoms with Crippen molar-refractivity contribution < 1.29 is 4.57 Å². The number of fused-ring (bicyclic) bond motifs is 1. The highest BCUT2D eigenvalue weighted by Gasteiger charge is 2.41. The zero-order valence-electron chi connectivity index (χ0n) is 23.7. The summed E-state index contributed by atoms with van der Waals surface area (Å²) in [6.45, 7) is 9.18. The van der Waals surface area contributed by atoms with Crippen molar-refractivity contribution >= 4 is 50.4 Å². The Labute approximate surface area is 243 Å². The number of nitrogens with zero attached hydrogens (tertiary/aromatic N) is 1. The van der Waals surface area contributed by atoms with Crippen LogP contribution in [-0.2, 0) is 0 Å². The maximum absolute atomic E-state index is 2.53. The molecular formula is C37H36NSSi+. The Bertz CT molecular complexity index is 1620.